The highest BCUT2D eigenvalue weighted by Crippen LogP contribution is 2.19. The first-order valence-corrected chi connectivity index (χ1v) is 7.30. The van der Waals surface area contributed by atoms with Crippen molar-refractivity contribution in [3.8, 4) is 5.75 Å². The Bertz CT molecular complexity index is 453. The van der Waals surface area contributed by atoms with E-state index in [9.17, 15) is 4.79 Å². The first-order chi connectivity index (χ1) is 9.08. The SMILES string of the molecule is CC(Oc1cccc(Br)c1)C(=O)N1CCNCC1C. The largest absolute Gasteiger partial charge is 0.481 e. The second-order valence-electron chi connectivity index (χ2n) is 4.80. The Kier molecular flexibility index (Phi) is 4.82. The van der Waals surface area contributed by atoms with Crippen LogP contribution in [0.5, 0.6) is 5.75 Å². The van der Waals surface area contributed by atoms with Gasteiger partial charge in [-0.05, 0) is 32.0 Å². The molecule has 0 aliphatic carbocycles. The predicted octanol–water partition coefficient (Wildman–Crippen LogP) is 2.04. The molecule has 2 atom stereocenters. The number of carbonyl (C=O) groups excluding carboxylic acids is 1. The fourth-order valence-corrected chi connectivity index (χ4v) is 2.58. The van der Waals surface area contributed by atoms with E-state index in [1.165, 1.54) is 0 Å². The van der Waals surface area contributed by atoms with Crippen molar-refractivity contribution in [2.75, 3.05) is 19.6 Å². The van der Waals surface area contributed by atoms with Crippen molar-refractivity contribution in [2.24, 2.45) is 0 Å². The minimum atomic E-state index is -0.463. The van der Waals surface area contributed by atoms with Crippen LogP contribution in [-0.2, 0) is 4.79 Å². The lowest BCUT2D eigenvalue weighted by Gasteiger charge is -2.35. The molecule has 1 heterocycles. The number of rotatable bonds is 3. The van der Waals surface area contributed by atoms with Gasteiger partial charge in [-0.25, -0.2) is 0 Å². The van der Waals surface area contributed by atoms with Gasteiger partial charge in [0.05, 0.1) is 0 Å². The highest BCUT2D eigenvalue weighted by molar-refractivity contribution is 9.10. The molecule has 1 aliphatic heterocycles. The Morgan fingerprint density at radius 1 is 1.58 bits per heavy atom. The number of hydrogen-bond acceptors (Lipinski definition) is 3. The molecule has 1 aliphatic rings. The third kappa shape index (κ3) is 3.70. The lowest BCUT2D eigenvalue weighted by Crippen LogP contribution is -2.55. The Morgan fingerprint density at radius 2 is 2.37 bits per heavy atom. The van der Waals surface area contributed by atoms with Crippen LogP contribution in [0.3, 0.4) is 0 Å². The van der Waals surface area contributed by atoms with Gasteiger partial charge in [-0.2, -0.15) is 0 Å². The van der Waals surface area contributed by atoms with Crippen LogP contribution < -0.4 is 10.1 Å². The van der Waals surface area contributed by atoms with E-state index in [2.05, 4.69) is 28.2 Å². The number of halogens is 1. The Labute approximate surface area is 122 Å². The molecule has 104 valence electrons. The average Bonchev–Trinajstić information content (AvgIpc) is 2.38. The molecule has 2 rings (SSSR count). The molecule has 0 bridgehead atoms. The second-order valence-corrected chi connectivity index (χ2v) is 5.72. The minimum Gasteiger partial charge on any atom is -0.481 e. The first kappa shape index (κ1) is 14.3. The van der Waals surface area contributed by atoms with Gasteiger partial charge in [-0.3, -0.25) is 4.79 Å². The quantitative estimate of drug-likeness (QED) is 0.924. The lowest BCUT2D eigenvalue weighted by atomic mass is 10.2. The summed E-state index contributed by atoms with van der Waals surface area (Å²) in [6.07, 6.45) is -0.463. The van der Waals surface area contributed by atoms with E-state index in [0.717, 1.165) is 24.1 Å². The number of amides is 1. The van der Waals surface area contributed by atoms with E-state index >= 15 is 0 Å². The molecule has 1 aromatic carbocycles. The number of benzene rings is 1. The molecule has 5 heteroatoms. The van der Waals surface area contributed by atoms with E-state index in [1.54, 1.807) is 6.92 Å². The zero-order chi connectivity index (χ0) is 13.8. The summed E-state index contributed by atoms with van der Waals surface area (Å²) >= 11 is 3.39. The van der Waals surface area contributed by atoms with Gasteiger partial charge in [0.2, 0.25) is 0 Å². The molecule has 0 saturated carbocycles. The van der Waals surface area contributed by atoms with Crippen LogP contribution in [0.25, 0.3) is 0 Å². The van der Waals surface area contributed by atoms with Crippen molar-refractivity contribution in [3.05, 3.63) is 28.7 Å². The molecule has 0 aromatic heterocycles. The smallest absolute Gasteiger partial charge is 0.263 e. The van der Waals surface area contributed by atoms with Gasteiger partial charge in [0.25, 0.3) is 5.91 Å². The van der Waals surface area contributed by atoms with Gasteiger partial charge in [0, 0.05) is 30.1 Å². The molecule has 1 N–H and O–H groups in total. The van der Waals surface area contributed by atoms with Crippen LogP contribution in [0.4, 0.5) is 0 Å². The standard InChI is InChI=1S/C14H19BrN2O2/c1-10-9-16-6-7-17(10)14(18)11(2)19-13-5-3-4-12(15)8-13/h3-5,8,10-11,16H,6-7,9H2,1-2H3. The Morgan fingerprint density at radius 3 is 3.05 bits per heavy atom. The normalized spacial score (nSPS) is 21.0. The average molecular weight is 327 g/mol. The fraction of sp³-hybridized carbons (Fsp3) is 0.500. The maximum Gasteiger partial charge on any atom is 0.263 e. The molecule has 0 spiro atoms. The van der Waals surface area contributed by atoms with Crippen LogP contribution in [0.1, 0.15) is 13.8 Å². The molecule has 1 fully saturated rings. The summed E-state index contributed by atoms with van der Waals surface area (Å²) in [5, 5.41) is 3.27. The minimum absolute atomic E-state index is 0.0500. The van der Waals surface area contributed by atoms with Gasteiger partial charge in [-0.15, -0.1) is 0 Å². The first-order valence-electron chi connectivity index (χ1n) is 6.51. The lowest BCUT2D eigenvalue weighted by molar-refractivity contribution is -0.140. The van der Waals surface area contributed by atoms with Gasteiger partial charge >= 0.3 is 0 Å². The fourth-order valence-electron chi connectivity index (χ4n) is 2.20. The zero-order valence-electron chi connectivity index (χ0n) is 11.2. The molecule has 1 amide bonds. The summed E-state index contributed by atoms with van der Waals surface area (Å²) < 4.78 is 6.66. The van der Waals surface area contributed by atoms with Crippen LogP contribution >= 0.6 is 15.9 Å². The topological polar surface area (TPSA) is 41.6 Å². The number of carbonyl (C=O) groups is 1. The second kappa shape index (κ2) is 6.39. The summed E-state index contributed by atoms with van der Waals surface area (Å²) in [6, 6.07) is 7.76. The number of nitrogens with one attached hydrogen (secondary N) is 1. The van der Waals surface area contributed by atoms with Gasteiger partial charge < -0.3 is 15.0 Å². The monoisotopic (exact) mass is 326 g/mol. The molecule has 0 radical (unpaired) electrons. The van der Waals surface area contributed by atoms with Crippen LogP contribution in [0.2, 0.25) is 0 Å². The third-order valence-corrected chi connectivity index (χ3v) is 3.73. The van der Waals surface area contributed by atoms with Crippen molar-refractivity contribution >= 4 is 21.8 Å². The van der Waals surface area contributed by atoms with E-state index in [1.807, 2.05) is 29.2 Å². The van der Waals surface area contributed by atoms with Gasteiger partial charge in [0.1, 0.15) is 5.75 Å². The van der Waals surface area contributed by atoms with E-state index in [-0.39, 0.29) is 11.9 Å². The molecule has 1 aromatic rings. The molecule has 1 saturated heterocycles. The summed E-state index contributed by atoms with van der Waals surface area (Å²) in [5.74, 6) is 0.756. The van der Waals surface area contributed by atoms with Crippen LogP contribution in [0, 0.1) is 0 Å². The summed E-state index contributed by atoms with van der Waals surface area (Å²) in [6.45, 7) is 6.29. The van der Waals surface area contributed by atoms with E-state index in [4.69, 9.17) is 4.74 Å². The summed E-state index contributed by atoms with van der Waals surface area (Å²) in [5.41, 5.74) is 0. The third-order valence-electron chi connectivity index (χ3n) is 3.24. The summed E-state index contributed by atoms with van der Waals surface area (Å²) in [7, 11) is 0. The van der Waals surface area contributed by atoms with Gasteiger partial charge in [0.15, 0.2) is 6.10 Å². The van der Waals surface area contributed by atoms with Crippen LogP contribution in [0.15, 0.2) is 28.7 Å². The van der Waals surface area contributed by atoms with Crippen molar-refractivity contribution < 1.29 is 9.53 Å². The Balaban J connectivity index is 1.99. The molecular weight excluding hydrogens is 308 g/mol. The molecular formula is C14H19BrN2O2. The van der Waals surface area contributed by atoms with Gasteiger partial charge in [-0.1, -0.05) is 22.0 Å². The van der Waals surface area contributed by atoms with E-state index < -0.39 is 6.10 Å². The van der Waals surface area contributed by atoms with Crippen LogP contribution in [-0.4, -0.2) is 42.6 Å². The maximum absolute atomic E-state index is 12.4. The highest BCUT2D eigenvalue weighted by Gasteiger charge is 2.27. The maximum atomic E-state index is 12.4. The van der Waals surface area contributed by atoms with E-state index in [0.29, 0.717) is 5.75 Å². The molecule has 19 heavy (non-hydrogen) atoms. The predicted molar refractivity (Wildman–Crippen MR) is 78.3 cm³/mol. The van der Waals surface area contributed by atoms with Crippen molar-refractivity contribution in [1.29, 1.82) is 0 Å². The van der Waals surface area contributed by atoms with Crippen molar-refractivity contribution in [1.82, 2.24) is 10.2 Å². The number of ether oxygens (including phenoxy) is 1. The highest BCUT2D eigenvalue weighted by atomic mass is 79.9. The number of hydrogen-bond donors (Lipinski definition) is 1. The summed E-state index contributed by atoms with van der Waals surface area (Å²) in [4.78, 5) is 14.2. The van der Waals surface area contributed by atoms with Crippen molar-refractivity contribution in [3.63, 3.8) is 0 Å². The molecule has 4 nitrogen and oxygen atoms in total. The zero-order valence-corrected chi connectivity index (χ0v) is 12.8. The van der Waals surface area contributed by atoms with Crippen molar-refractivity contribution in [2.45, 2.75) is 26.0 Å². The number of nitrogens with zero attached hydrogens (tertiary/aromatic N) is 1. The number of piperazine rings is 1. The Hall–Kier alpha value is -1.07. The molecule has 2 unspecified atom stereocenters.